The monoisotopic (exact) mass is 521 g/mol. The van der Waals surface area contributed by atoms with Crippen molar-refractivity contribution in [3.63, 3.8) is 0 Å². The molecule has 1 aliphatic heterocycles. The van der Waals surface area contributed by atoms with Crippen LogP contribution in [0.3, 0.4) is 0 Å². The van der Waals surface area contributed by atoms with E-state index in [9.17, 15) is 4.79 Å². The fraction of sp³-hybridized carbons (Fsp3) is 0.333. The number of piperazine rings is 1. The van der Waals surface area contributed by atoms with Gasteiger partial charge in [0.1, 0.15) is 13.5 Å². The van der Waals surface area contributed by atoms with E-state index >= 15 is 0 Å². The Labute approximate surface area is 232 Å². The van der Waals surface area contributed by atoms with Crippen molar-refractivity contribution in [3.05, 3.63) is 83.6 Å². The van der Waals surface area contributed by atoms with E-state index in [0.29, 0.717) is 28.0 Å². The van der Waals surface area contributed by atoms with E-state index in [0.717, 1.165) is 43.9 Å². The van der Waals surface area contributed by atoms with Crippen molar-refractivity contribution < 1.29 is 4.79 Å². The standard InChI is InChI=1S/C26H24BN7O.2C2H6/c1-32-9-11-33(12-10-32)18-20-5-6-22(14-24(20)27)31-26(35)21-13-19(15-28-16-21)4-7-23-17-29-25-3-2-8-30-34(23)25;2*1-2/h2-3,5-6,8,13-17H,9-12,18H2,1H3,(H,31,35);2*1-2H3. The van der Waals surface area contributed by atoms with Crippen LogP contribution in [0.25, 0.3) is 5.65 Å². The largest absolute Gasteiger partial charge is 0.322 e. The SMILES string of the molecule is CC.CC.[B]c1cc(NC(=O)c2cncc(C#Cc3cnc4cccnn34)c2)ccc1CN1CCN(C)CC1. The van der Waals surface area contributed by atoms with Gasteiger partial charge in [-0.25, -0.2) is 9.50 Å². The average Bonchev–Trinajstić information content (AvgIpc) is 3.40. The lowest BCUT2D eigenvalue weighted by atomic mass is 9.89. The number of rotatable bonds is 4. The summed E-state index contributed by atoms with van der Waals surface area (Å²) in [4.78, 5) is 26.0. The molecule has 3 aromatic heterocycles. The third kappa shape index (κ3) is 8.00. The lowest BCUT2D eigenvalue weighted by Crippen LogP contribution is -2.44. The van der Waals surface area contributed by atoms with Crippen LogP contribution in [0.2, 0.25) is 0 Å². The Morgan fingerprint density at radius 1 is 1.00 bits per heavy atom. The minimum atomic E-state index is -0.274. The summed E-state index contributed by atoms with van der Waals surface area (Å²) in [7, 11) is 8.44. The second-order valence-corrected chi connectivity index (χ2v) is 8.60. The highest BCUT2D eigenvalue weighted by Crippen LogP contribution is 2.13. The van der Waals surface area contributed by atoms with Crippen LogP contribution in [0, 0.1) is 11.8 Å². The van der Waals surface area contributed by atoms with E-state index in [-0.39, 0.29) is 5.91 Å². The average molecular weight is 521 g/mol. The number of nitrogens with one attached hydrogen (secondary N) is 1. The second-order valence-electron chi connectivity index (χ2n) is 8.60. The van der Waals surface area contributed by atoms with Gasteiger partial charge in [0.15, 0.2) is 5.65 Å². The van der Waals surface area contributed by atoms with Crippen LogP contribution in [-0.2, 0) is 6.54 Å². The highest BCUT2D eigenvalue weighted by molar-refractivity contribution is 6.33. The highest BCUT2D eigenvalue weighted by atomic mass is 16.1. The number of carbonyl (C=O) groups is 1. The summed E-state index contributed by atoms with van der Waals surface area (Å²) >= 11 is 0. The van der Waals surface area contributed by atoms with Crippen molar-refractivity contribution in [2.45, 2.75) is 34.2 Å². The van der Waals surface area contributed by atoms with Gasteiger partial charge in [-0.1, -0.05) is 45.1 Å². The molecule has 0 spiro atoms. The number of carbonyl (C=O) groups excluding carboxylic acids is 1. The molecular formula is C30H36BN7O. The third-order valence-electron chi connectivity index (χ3n) is 6.01. The molecule has 1 saturated heterocycles. The van der Waals surface area contributed by atoms with Crippen LogP contribution in [0.4, 0.5) is 5.69 Å². The van der Waals surface area contributed by atoms with Gasteiger partial charge in [0, 0.05) is 62.6 Å². The molecule has 8 nitrogen and oxygen atoms in total. The minimum absolute atomic E-state index is 0.274. The quantitative estimate of drug-likeness (QED) is 0.328. The molecule has 5 rings (SSSR count). The summed E-state index contributed by atoms with van der Waals surface area (Å²) in [5.74, 6) is 5.80. The maximum atomic E-state index is 12.8. The van der Waals surface area contributed by atoms with E-state index in [2.05, 4.69) is 49.1 Å². The normalized spacial score (nSPS) is 13.3. The summed E-state index contributed by atoms with van der Waals surface area (Å²) in [5.41, 5.74) is 4.77. The molecule has 0 aliphatic carbocycles. The number of hydrogen-bond donors (Lipinski definition) is 1. The number of hydrogen-bond acceptors (Lipinski definition) is 6. The molecule has 4 heterocycles. The minimum Gasteiger partial charge on any atom is -0.322 e. The Morgan fingerprint density at radius 3 is 2.51 bits per heavy atom. The summed E-state index contributed by atoms with van der Waals surface area (Å²) in [6.07, 6.45) is 6.47. The van der Waals surface area contributed by atoms with Crippen LogP contribution in [0.1, 0.15) is 54.9 Å². The van der Waals surface area contributed by atoms with Crippen molar-refractivity contribution in [2.75, 3.05) is 38.5 Å². The number of amides is 1. The lowest BCUT2D eigenvalue weighted by molar-refractivity contribution is 0.102. The molecule has 2 radical (unpaired) electrons. The first-order valence-corrected chi connectivity index (χ1v) is 13.4. The number of imidazole rings is 1. The van der Waals surface area contributed by atoms with Crippen LogP contribution >= 0.6 is 0 Å². The van der Waals surface area contributed by atoms with Crippen molar-refractivity contribution in [3.8, 4) is 11.8 Å². The Morgan fingerprint density at radius 2 is 1.77 bits per heavy atom. The van der Waals surface area contributed by atoms with Crippen molar-refractivity contribution in [1.82, 2.24) is 29.4 Å². The molecule has 39 heavy (non-hydrogen) atoms. The fourth-order valence-corrected chi connectivity index (χ4v) is 3.95. The molecule has 4 aromatic rings. The van der Waals surface area contributed by atoms with Gasteiger partial charge >= 0.3 is 0 Å². The van der Waals surface area contributed by atoms with Gasteiger partial charge in [0.2, 0.25) is 0 Å². The van der Waals surface area contributed by atoms with Gasteiger partial charge in [-0.05, 0) is 48.9 Å². The maximum absolute atomic E-state index is 12.8. The highest BCUT2D eigenvalue weighted by Gasteiger charge is 2.15. The summed E-state index contributed by atoms with van der Waals surface area (Å²) in [6, 6.07) is 11.0. The Bertz CT molecular complexity index is 1430. The molecule has 1 fully saturated rings. The summed E-state index contributed by atoms with van der Waals surface area (Å²) in [5, 5.41) is 7.16. The summed E-state index contributed by atoms with van der Waals surface area (Å²) in [6.45, 7) is 13.0. The van der Waals surface area contributed by atoms with Crippen molar-refractivity contribution in [2.24, 2.45) is 0 Å². The van der Waals surface area contributed by atoms with E-state index in [4.69, 9.17) is 7.85 Å². The van der Waals surface area contributed by atoms with Gasteiger partial charge in [-0.15, -0.1) is 0 Å². The van der Waals surface area contributed by atoms with Crippen LogP contribution in [0.5, 0.6) is 0 Å². The Balaban J connectivity index is 0.00000100. The Kier molecular flexibility index (Phi) is 11.2. The van der Waals surface area contributed by atoms with Gasteiger partial charge in [0.25, 0.3) is 5.91 Å². The number of aromatic nitrogens is 4. The van der Waals surface area contributed by atoms with E-state index in [1.807, 2.05) is 52.0 Å². The molecule has 200 valence electrons. The molecule has 0 bridgehead atoms. The molecule has 1 N–H and O–H groups in total. The van der Waals surface area contributed by atoms with Crippen LogP contribution in [-0.4, -0.2) is 76.4 Å². The fourth-order valence-electron chi connectivity index (χ4n) is 3.95. The first-order valence-electron chi connectivity index (χ1n) is 13.4. The topological polar surface area (TPSA) is 78.7 Å². The predicted molar refractivity (Wildman–Crippen MR) is 158 cm³/mol. The zero-order valence-corrected chi connectivity index (χ0v) is 23.5. The van der Waals surface area contributed by atoms with Gasteiger partial charge in [0.05, 0.1) is 11.8 Å². The molecule has 0 atom stereocenters. The lowest BCUT2D eigenvalue weighted by Gasteiger charge is -2.32. The number of anilines is 1. The number of nitrogens with zero attached hydrogens (tertiary/aromatic N) is 6. The zero-order valence-electron chi connectivity index (χ0n) is 23.5. The van der Waals surface area contributed by atoms with Gasteiger partial charge < -0.3 is 10.2 Å². The molecular weight excluding hydrogens is 485 g/mol. The Hall–Kier alpha value is -4.00. The van der Waals surface area contributed by atoms with E-state index in [1.165, 1.54) is 6.20 Å². The number of fused-ring (bicyclic) bond motifs is 1. The molecule has 0 saturated carbocycles. The van der Waals surface area contributed by atoms with E-state index < -0.39 is 0 Å². The van der Waals surface area contributed by atoms with Crippen LogP contribution < -0.4 is 10.8 Å². The van der Waals surface area contributed by atoms with Gasteiger partial charge in [-0.2, -0.15) is 5.10 Å². The molecule has 1 aliphatic rings. The van der Waals surface area contributed by atoms with Crippen LogP contribution in [0.15, 0.2) is 61.2 Å². The zero-order chi connectivity index (χ0) is 28.2. The van der Waals surface area contributed by atoms with Crippen molar-refractivity contribution in [1.29, 1.82) is 0 Å². The van der Waals surface area contributed by atoms with Crippen molar-refractivity contribution >= 4 is 30.6 Å². The number of pyridine rings is 1. The maximum Gasteiger partial charge on any atom is 0.257 e. The number of benzene rings is 1. The molecule has 1 aromatic carbocycles. The molecule has 1 amide bonds. The molecule has 0 unspecified atom stereocenters. The summed E-state index contributed by atoms with van der Waals surface area (Å²) < 4.78 is 1.66. The second kappa shape index (κ2) is 14.8. The first kappa shape index (κ1) is 29.6. The third-order valence-corrected chi connectivity index (χ3v) is 6.01. The first-order chi connectivity index (χ1) is 19.0. The smallest absolute Gasteiger partial charge is 0.257 e. The predicted octanol–water partition coefficient (Wildman–Crippen LogP) is 3.37. The van der Waals surface area contributed by atoms with Gasteiger partial charge in [-0.3, -0.25) is 14.7 Å². The molecule has 9 heteroatoms. The van der Waals surface area contributed by atoms with E-state index in [1.54, 1.807) is 35.2 Å². The number of likely N-dealkylation sites (N-methyl/N-ethyl adjacent to an activating group) is 1.